The van der Waals surface area contributed by atoms with Gasteiger partial charge in [-0.15, -0.1) is 22.0 Å². The number of aromatic nitrogens is 4. The molecule has 156 valence electrons. The first kappa shape index (κ1) is 20.1. The zero-order valence-corrected chi connectivity index (χ0v) is 18.9. The highest BCUT2D eigenvalue weighted by Crippen LogP contribution is 2.43. The molecule has 0 fully saturated rings. The molecule has 8 heteroatoms. The minimum Gasteiger partial charge on any atom is -0.302 e. The molecule has 0 spiro atoms. The van der Waals surface area contributed by atoms with Crippen molar-refractivity contribution in [1.29, 1.82) is 0 Å². The summed E-state index contributed by atoms with van der Waals surface area (Å²) in [5.41, 5.74) is 4.02. The molecule has 0 unspecified atom stereocenters. The molecule has 0 saturated carbocycles. The van der Waals surface area contributed by atoms with Crippen molar-refractivity contribution in [2.75, 3.05) is 16.4 Å². The first-order chi connectivity index (χ1) is 15.1. The molecule has 1 amide bonds. The predicted octanol–water partition coefficient (Wildman–Crippen LogP) is 4.71. The van der Waals surface area contributed by atoms with E-state index in [4.69, 9.17) is 0 Å². The van der Waals surface area contributed by atoms with Crippen LogP contribution in [0.15, 0.2) is 70.7 Å². The van der Waals surface area contributed by atoms with E-state index in [1.165, 1.54) is 11.8 Å². The van der Waals surface area contributed by atoms with Crippen molar-refractivity contribution in [2.45, 2.75) is 29.9 Å². The second kappa shape index (κ2) is 8.36. The number of benzene rings is 2. The lowest BCUT2D eigenvalue weighted by atomic mass is 10.1. The van der Waals surface area contributed by atoms with E-state index in [9.17, 15) is 4.79 Å². The van der Waals surface area contributed by atoms with Crippen molar-refractivity contribution in [3.8, 4) is 0 Å². The molecule has 2 aromatic heterocycles. The smallest absolute Gasteiger partial charge is 0.256 e. The highest BCUT2D eigenvalue weighted by molar-refractivity contribution is 8.00. The van der Waals surface area contributed by atoms with Crippen LogP contribution < -0.4 is 4.90 Å². The van der Waals surface area contributed by atoms with Gasteiger partial charge in [0.05, 0.1) is 17.5 Å². The van der Waals surface area contributed by atoms with Crippen molar-refractivity contribution in [2.24, 2.45) is 0 Å². The van der Waals surface area contributed by atoms with Crippen LogP contribution in [0.25, 0.3) is 5.78 Å². The van der Waals surface area contributed by atoms with E-state index < -0.39 is 0 Å². The van der Waals surface area contributed by atoms with Gasteiger partial charge in [-0.05, 0) is 37.6 Å². The number of fused-ring (bicyclic) bond motifs is 2. The zero-order chi connectivity index (χ0) is 21.4. The molecule has 1 aliphatic heterocycles. The average molecular weight is 448 g/mol. The number of carbonyl (C=O) groups excluding carboxylic acids is 1. The maximum Gasteiger partial charge on any atom is 0.256 e. The second-order valence-corrected chi connectivity index (χ2v) is 9.42. The summed E-state index contributed by atoms with van der Waals surface area (Å²) in [7, 11) is 0. The Balaban J connectivity index is 1.45. The zero-order valence-electron chi connectivity index (χ0n) is 17.2. The summed E-state index contributed by atoms with van der Waals surface area (Å²) < 4.78 is 1.90. The van der Waals surface area contributed by atoms with Crippen molar-refractivity contribution < 1.29 is 4.79 Å². The van der Waals surface area contributed by atoms with Gasteiger partial charge in [0.1, 0.15) is 0 Å². The van der Waals surface area contributed by atoms with Gasteiger partial charge in [0.25, 0.3) is 5.78 Å². The van der Waals surface area contributed by atoms with Crippen LogP contribution in [-0.4, -0.2) is 37.0 Å². The summed E-state index contributed by atoms with van der Waals surface area (Å²) in [6.07, 6.45) is 0. The molecule has 0 N–H and O–H groups in total. The maximum atomic E-state index is 13.5. The third kappa shape index (κ3) is 3.81. The third-order valence-corrected chi connectivity index (χ3v) is 7.33. The van der Waals surface area contributed by atoms with Crippen LogP contribution >= 0.6 is 23.5 Å². The molecule has 4 aromatic rings. The Hall–Kier alpha value is -2.84. The molecular formula is C23H21N5OS2. The number of thioether (sulfide) groups is 2. The van der Waals surface area contributed by atoms with Gasteiger partial charge in [-0.2, -0.15) is 0 Å². The SMILES string of the molecule is Cc1cc(C)n2c(SCC(=O)N3c4ccccc4SC[C@@H]3c3ccccc3)nnc2n1. The van der Waals surface area contributed by atoms with Gasteiger partial charge < -0.3 is 4.90 Å². The Kier molecular flexibility index (Phi) is 5.41. The normalized spacial score (nSPS) is 15.8. The molecule has 2 aromatic carbocycles. The summed E-state index contributed by atoms with van der Waals surface area (Å²) in [5.74, 6) is 1.72. The van der Waals surface area contributed by atoms with Gasteiger partial charge in [-0.25, -0.2) is 4.98 Å². The largest absolute Gasteiger partial charge is 0.302 e. The van der Waals surface area contributed by atoms with Crippen LogP contribution in [0.5, 0.6) is 0 Å². The number of anilines is 1. The Morgan fingerprint density at radius 1 is 1.10 bits per heavy atom. The minimum atomic E-state index is -0.00426. The van der Waals surface area contributed by atoms with Crippen molar-refractivity contribution >= 4 is 40.9 Å². The highest BCUT2D eigenvalue weighted by Gasteiger charge is 2.32. The Labute approximate surface area is 189 Å². The van der Waals surface area contributed by atoms with Gasteiger partial charge >= 0.3 is 0 Å². The topological polar surface area (TPSA) is 63.4 Å². The van der Waals surface area contributed by atoms with E-state index in [1.807, 2.05) is 65.6 Å². The van der Waals surface area contributed by atoms with E-state index in [2.05, 4.69) is 33.4 Å². The molecule has 1 atom stereocenters. The van der Waals surface area contributed by atoms with E-state index >= 15 is 0 Å². The summed E-state index contributed by atoms with van der Waals surface area (Å²) in [4.78, 5) is 21.1. The maximum absolute atomic E-state index is 13.5. The van der Waals surface area contributed by atoms with Crippen LogP contribution in [0.2, 0.25) is 0 Å². The summed E-state index contributed by atoms with van der Waals surface area (Å²) in [6.45, 7) is 3.94. The van der Waals surface area contributed by atoms with Gasteiger partial charge in [-0.3, -0.25) is 9.20 Å². The Morgan fingerprint density at radius 2 is 1.87 bits per heavy atom. The second-order valence-electron chi connectivity index (χ2n) is 7.41. The highest BCUT2D eigenvalue weighted by atomic mass is 32.2. The fourth-order valence-corrected chi connectivity index (χ4v) is 5.92. The number of hydrogen-bond donors (Lipinski definition) is 0. The standard InChI is InChI=1S/C23H21N5OS2/c1-15-12-16(2)27-22(24-15)25-26-23(27)31-14-21(29)28-18-10-6-7-11-20(18)30-13-19(28)17-8-4-3-5-9-17/h3-12,19H,13-14H2,1-2H3/t19-/m1/s1. The lowest BCUT2D eigenvalue weighted by Crippen LogP contribution is -2.39. The van der Waals surface area contributed by atoms with Crippen LogP contribution in [0.3, 0.4) is 0 Å². The predicted molar refractivity (Wildman–Crippen MR) is 125 cm³/mol. The molecule has 5 rings (SSSR count). The van der Waals surface area contributed by atoms with Crippen LogP contribution in [0.1, 0.15) is 23.0 Å². The number of carbonyl (C=O) groups is 1. The lowest BCUT2D eigenvalue weighted by Gasteiger charge is -2.37. The molecule has 0 saturated heterocycles. The molecule has 31 heavy (non-hydrogen) atoms. The number of nitrogens with zero attached hydrogens (tertiary/aromatic N) is 5. The molecule has 6 nitrogen and oxygen atoms in total. The quantitative estimate of drug-likeness (QED) is 0.422. The molecular weight excluding hydrogens is 426 g/mol. The lowest BCUT2D eigenvalue weighted by molar-refractivity contribution is -0.116. The van der Waals surface area contributed by atoms with Crippen molar-refractivity contribution in [1.82, 2.24) is 19.6 Å². The Morgan fingerprint density at radius 3 is 2.71 bits per heavy atom. The molecule has 0 radical (unpaired) electrons. The minimum absolute atomic E-state index is 0.00426. The number of amides is 1. The first-order valence-electron chi connectivity index (χ1n) is 10.0. The van der Waals surface area contributed by atoms with Gasteiger partial charge in [0.2, 0.25) is 5.91 Å². The van der Waals surface area contributed by atoms with E-state index in [1.54, 1.807) is 11.8 Å². The summed E-state index contributed by atoms with van der Waals surface area (Å²) >= 11 is 3.20. The average Bonchev–Trinajstić information content (AvgIpc) is 3.20. The van der Waals surface area contributed by atoms with Gasteiger partial charge in [0, 0.05) is 22.0 Å². The number of rotatable bonds is 4. The Bertz CT molecular complexity index is 1260. The molecule has 0 aliphatic carbocycles. The fraction of sp³-hybridized carbons (Fsp3) is 0.217. The van der Waals surface area contributed by atoms with E-state index in [0.29, 0.717) is 10.9 Å². The van der Waals surface area contributed by atoms with Gasteiger partial charge in [0.15, 0.2) is 5.16 Å². The van der Waals surface area contributed by atoms with E-state index in [-0.39, 0.29) is 17.7 Å². The monoisotopic (exact) mass is 447 g/mol. The number of hydrogen-bond acceptors (Lipinski definition) is 6. The van der Waals surface area contributed by atoms with Crippen molar-refractivity contribution in [3.05, 3.63) is 77.6 Å². The molecule has 0 bridgehead atoms. The number of aryl methyl sites for hydroxylation is 2. The van der Waals surface area contributed by atoms with E-state index in [0.717, 1.165) is 33.3 Å². The van der Waals surface area contributed by atoms with Crippen LogP contribution in [0.4, 0.5) is 5.69 Å². The summed E-state index contributed by atoms with van der Waals surface area (Å²) in [6, 6.07) is 20.4. The van der Waals surface area contributed by atoms with Crippen LogP contribution in [-0.2, 0) is 4.79 Å². The van der Waals surface area contributed by atoms with Crippen LogP contribution in [0, 0.1) is 13.8 Å². The fourth-order valence-electron chi connectivity index (χ4n) is 3.91. The summed E-state index contributed by atoms with van der Waals surface area (Å²) in [5, 5.41) is 9.14. The molecule has 3 heterocycles. The first-order valence-corrected chi connectivity index (χ1v) is 12.0. The number of para-hydroxylation sites is 1. The van der Waals surface area contributed by atoms with Gasteiger partial charge in [-0.1, -0.05) is 54.2 Å². The molecule has 1 aliphatic rings. The van der Waals surface area contributed by atoms with Crippen molar-refractivity contribution in [3.63, 3.8) is 0 Å². The third-order valence-electron chi connectivity index (χ3n) is 5.27.